The third-order valence-electron chi connectivity index (χ3n) is 5.09. The second kappa shape index (κ2) is 9.09. The zero-order valence-electron chi connectivity index (χ0n) is 16.0. The third kappa shape index (κ3) is 4.34. The summed E-state index contributed by atoms with van der Waals surface area (Å²) in [4.78, 5) is 0. The minimum atomic E-state index is -2.03. The molecule has 0 aliphatic heterocycles. The molecule has 4 rings (SSSR count). The van der Waals surface area contributed by atoms with E-state index >= 15 is 0 Å². The van der Waals surface area contributed by atoms with Crippen molar-refractivity contribution >= 4 is 59.7 Å². The van der Waals surface area contributed by atoms with E-state index in [1.165, 1.54) is 21.2 Å². The molecule has 0 aliphatic rings. The first-order valence-corrected chi connectivity index (χ1v) is 16.7. The van der Waals surface area contributed by atoms with Crippen molar-refractivity contribution in [2.24, 2.45) is 0 Å². The summed E-state index contributed by atoms with van der Waals surface area (Å²) in [6, 6.07) is 41.2. The summed E-state index contributed by atoms with van der Waals surface area (Å²) in [7, 11) is 0. The van der Waals surface area contributed by atoms with Crippen LogP contribution in [0.25, 0.3) is 0 Å². The van der Waals surface area contributed by atoms with Gasteiger partial charge in [0.2, 0.25) is 0 Å². The van der Waals surface area contributed by atoms with E-state index in [-0.39, 0.29) is 0 Å². The average Bonchev–Trinajstić information content (AvgIpc) is 2.81. The van der Waals surface area contributed by atoms with Gasteiger partial charge in [-0.15, -0.1) is 0 Å². The molecule has 4 aromatic rings. The number of hydrogen-bond acceptors (Lipinski definition) is 1. The van der Waals surface area contributed by atoms with Gasteiger partial charge in [-0.05, 0) is 0 Å². The fourth-order valence-corrected chi connectivity index (χ4v) is 20.2. The van der Waals surface area contributed by atoms with Gasteiger partial charge in [-0.2, -0.15) is 0 Å². The molecule has 0 saturated heterocycles. The zero-order valence-corrected chi connectivity index (χ0v) is 20.3. The molecule has 0 aromatic heterocycles. The van der Waals surface area contributed by atoms with Crippen molar-refractivity contribution in [3.05, 3.63) is 121 Å². The SMILES string of the molecule is S=P(CP(=[Se])(c1ccccc1)c1ccccc1)(c1ccccc1)c1ccccc1. The average molecular weight is 495 g/mol. The molecule has 0 heterocycles. The first-order valence-electron chi connectivity index (χ1n) is 9.53. The van der Waals surface area contributed by atoms with Crippen molar-refractivity contribution in [1.29, 1.82) is 0 Å². The molecule has 0 fully saturated rings. The van der Waals surface area contributed by atoms with E-state index in [1.807, 2.05) is 0 Å². The molecular formula is C25H22P2SSe. The Bertz CT molecular complexity index is 979. The molecule has 0 radical (unpaired) electrons. The molecule has 0 unspecified atom stereocenters. The second-order valence-electron chi connectivity index (χ2n) is 6.96. The zero-order chi connectivity index (χ0) is 20.2. The van der Waals surface area contributed by atoms with Crippen LogP contribution in [0.3, 0.4) is 0 Å². The topological polar surface area (TPSA) is 0 Å². The van der Waals surface area contributed by atoms with Crippen molar-refractivity contribution < 1.29 is 0 Å². The summed E-state index contributed by atoms with van der Waals surface area (Å²) >= 11 is 10.3. The summed E-state index contributed by atoms with van der Waals surface area (Å²) in [5, 5.41) is 5.31. The maximum absolute atomic E-state index is 6.60. The van der Waals surface area contributed by atoms with Gasteiger partial charge in [-0.1, -0.05) is 0 Å². The first kappa shape index (κ1) is 20.7. The second-order valence-corrected chi connectivity index (χ2v) is 18.9. The Labute approximate surface area is 186 Å². The van der Waals surface area contributed by atoms with Crippen molar-refractivity contribution in [2.45, 2.75) is 0 Å². The van der Waals surface area contributed by atoms with Crippen molar-refractivity contribution in [2.75, 3.05) is 5.90 Å². The molecule has 4 heteroatoms. The standard InChI is InChI=1S/C25H22P2SSe/c28-26(22-13-5-1-6-14-22,23-15-7-2-8-16-23)21-27(29,24-17-9-3-10-18-24)25-19-11-4-12-20-25/h1-20H,21H2. The summed E-state index contributed by atoms with van der Waals surface area (Å²) in [6.07, 6.45) is 0. The van der Waals surface area contributed by atoms with Crippen molar-refractivity contribution in [1.82, 2.24) is 0 Å². The van der Waals surface area contributed by atoms with Crippen molar-refractivity contribution in [3.8, 4) is 0 Å². The maximum atomic E-state index is 6.60. The van der Waals surface area contributed by atoms with Crippen LogP contribution in [-0.4, -0.2) is 21.0 Å². The predicted molar refractivity (Wildman–Crippen MR) is 136 cm³/mol. The Morgan fingerprint density at radius 2 is 0.759 bits per heavy atom. The van der Waals surface area contributed by atoms with Gasteiger partial charge in [0.25, 0.3) is 0 Å². The Balaban J connectivity index is 1.93. The van der Waals surface area contributed by atoms with Crippen LogP contribution in [0.1, 0.15) is 0 Å². The minimum absolute atomic E-state index is 0.956. The van der Waals surface area contributed by atoms with Gasteiger partial charge in [-0.25, -0.2) is 0 Å². The molecule has 0 saturated carbocycles. The van der Waals surface area contributed by atoms with E-state index in [1.54, 1.807) is 0 Å². The molecule has 0 spiro atoms. The molecule has 0 bridgehead atoms. The van der Waals surface area contributed by atoms with E-state index in [2.05, 4.69) is 136 Å². The summed E-state index contributed by atoms with van der Waals surface area (Å²) in [5.41, 5.74) is -1.81. The van der Waals surface area contributed by atoms with Crippen LogP contribution in [0.2, 0.25) is 0 Å². The molecule has 0 atom stereocenters. The van der Waals surface area contributed by atoms with Crippen LogP contribution >= 0.6 is 11.5 Å². The molecule has 144 valence electrons. The van der Waals surface area contributed by atoms with Gasteiger partial charge < -0.3 is 0 Å². The van der Waals surface area contributed by atoms with Crippen LogP contribution < -0.4 is 21.2 Å². The molecule has 0 aliphatic carbocycles. The summed E-state index contributed by atoms with van der Waals surface area (Å²) < 4.78 is 0. The fourth-order valence-electron chi connectivity index (χ4n) is 3.58. The van der Waals surface area contributed by atoms with E-state index in [9.17, 15) is 0 Å². The van der Waals surface area contributed by atoms with Crippen LogP contribution in [0.4, 0.5) is 0 Å². The van der Waals surface area contributed by atoms with Crippen LogP contribution in [0.5, 0.6) is 0 Å². The Hall–Kier alpha value is -1.52. The van der Waals surface area contributed by atoms with Crippen molar-refractivity contribution in [3.63, 3.8) is 0 Å². The van der Waals surface area contributed by atoms with Gasteiger partial charge in [0, 0.05) is 0 Å². The molecule has 0 amide bonds. The monoisotopic (exact) mass is 496 g/mol. The van der Waals surface area contributed by atoms with Gasteiger partial charge in [0.05, 0.1) is 0 Å². The Morgan fingerprint density at radius 3 is 1.07 bits per heavy atom. The summed E-state index contributed by atoms with van der Waals surface area (Å²) in [6.45, 7) is 0. The van der Waals surface area contributed by atoms with E-state index in [4.69, 9.17) is 11.8 Å². The molecule has 4 aromatic carbocycles. The number of hydrogen-bond donors (Lipinski definition) is 0. The number of benzene rings is 4. The van der Waals surface area contributed by atoms with Gasteiger partial charge in [-0.3, -0.25) is 0 Å². The Morgan fingerprint density at radius 1 is 0.483 bits per heavy atom. The quantitative estimate of drug-likeness (QED) is 0.273. The summed E-state index contributed by atoms with van der Waals surface area (Å²) in [5.74, 6) is 0.956. The van der Waals surface area contributed by atoms with E-state index in [0.717, 1.165) is 5.90 Å². The number of rotatable bonds is 6. The van der Waals surface area contributed by atoms with E-state index < -0.39 is 11.5 Å². The van der Waals surface area contributed by atoms with Crippen LogP contribution in [0, 0.1) is 0 Å². The molecule has 0 N–H and O–H groups in total. The first-order chi connectivity index (χ1) is 14.1. The van der Waals surface area contributed by atoms with Crippen LogP contribution in [0.15, 0.2) is 121 Å². The predicted octanol–water partition coefficient (Wildman–Crippen LogP) is 4.83. The van der Waals surface area contributed by atoms with Gasteiger partial charge >= 0.3 is 187 Å². The fraction of sp³-hybridized carbons (Fsp3) is 0.0400. The molecule has 0 nitrogen and oxygen atoms in total. The normalized spacial score (nSPS) is 11.9. The Kier molecular flexibility index (Phi) is 6.50. The van der Waals surface area contributed by atoms with Crippen LogP contribution in [-0.2, 0) is 11.8 Å². The van der Waals surface area contributed by atoms with Gasteiger partial charge in [0.1, 0.15) is 0 Å². The molecular weight excluding hydrogens is 473 g/mol. The third-order valence-corrected chi connectivity index (χ3v) is 19.9. The molecule has 29 heavy (non-hydrogen) atoms. The van der Waals surface area contributed by atoms with Gasteiger partial charge in [0.15, 0.2) is 0 Å². The van der Waals surface area contributed by atoms with E-state index in [0.29, 0.717) is 0 Å².